The minimum atomic E-state index is -0.471. The number of hydrogen-bond donors (Lipinski definition) is 0. The molecule has 312 valence electrons. The number of anilines is 3. The Morgan fingerprint density at radius 2 is 0.833 bits per heavy atom. The van der Waals surface area contributed by atoms with Crippen molar-refractivity contribution in [3.05, 3.63) is 276 Å². The molecule has 0 fully saturated rings. The number of benzene rings is 10. The van der Waals surface area contributed by atoms with Crippen molar-refractivity contribution in [3.63, 3.8) is 0 Å². The van der Waals surface area contributed by atoms with Crippen LogP contribution in [0.5, 0.6) is 0 Å². The van der Waals surface area contributed by atoms with E-state index >= 15 is 0 Å². The molecule has 2 aliphatic rings. The first-order valence-corrected chi connectivity index (χ1v) is 23.1. The number of nitrogens with zero attached hydrogens (tertiary/aromatic N) is 2. The van der Waals surface area contributed by atoms with Crippen molar-refractivity contribution in [1.82, 2.24) is 4.57 Å². The van der Waals surface area contributed by atoms with Crippen molar-refractivity contribution in [2.24, 2.45) is 0 Å². The van der Waals surface area contributed by atoms with E-state index in [0.29, 0.717) is 0 Å². The standard InChI is InChI=1S/C64H46N2/c1-63(2)58-41-47(34-37-51(58)52-38-35-48(42-59(52)63)66-61-32-18-14-28-53(61)54-29-15-19-33-62(54)66)65(60-31-17-13-26-49(60)43-20-6-3-7-21-43)46-36-39-57-55(40-46)50-27-12-16-30-56(50)64(57,44-22-8-4-9-23-44)45-24-10-5-11-25-45/h3-42H,1-2H3. The Morgan fingerprint density at radius 3 is 1.52 bits per heavy atom. The Bertz CT molecular complexity index is 3580. The molecular formula is C64H46N2. The summed E-state index contributed by atoms with van der Waals surface area (Å²) in [5, 5.41) is 2.55. The molecule has 0 saturated carbocycles. The van der Waals surface area contributed by atoms with Gasteiger partial charge in [0.15, 0.2) is 0 Å². The molecule has 0 atom stereocenters. The highest BCUT2D eigenvalue weighted by atomic mass is 15.1. The van der Waals surface area contributed by atoms with Gasteiger partial charge in [-0.05, 0) is 116 Å². The van der Waals surface area contributed by atoms with Gasteiger partial charge >= 0.3 is 0 Å². The summed E-state index contributed by atoms with van der Waals surface area (Å²) in [6.07, 6.45) is 0. The molecule has 13 rings (SSSR count). The van der Waals surface area contributed by atoms with Crippen LogP contribution in [-0.2, 0) is 10.8 Å². The predicted octanol–water partition coefficient (Wildman–Crippen LogP) is 16.6. The monoisotopic (exact) mass is 842 g/mol. The first-order valence-electron chi connectivity index (χ1n) is 23.1. The van der Waals surface area contributed by atoms with Gasteiger partial charge in [-0.3, -0.25) is 0 Å². The van der Waals surface area contributed by atoms with E-state index in [0.717, 1.165) is 17.1 Å². The predicted molar refractivity (Wildman–Crippen MR) is 276 cm³/mol. The van der Waals surface area contributed by atoms with E-state index in [1.807, 2.05) is 0 Å². The maximum absolute atomic E-state index is 2.50. The molecule has 10 aromatic carbocycles. The van der Waals surface area contributed by atoms with Gasteiger partial charge < -0.3 is 9.47 Å². The first kappa shape index (κ1) is 38.3. The van der Waals surface area contributed by atoms with Crippen LogP contribution in [0.3, 0.4) is 0 Å². The lowest BCUT2D eigenvalue weighted by molar-refractivity contribution is 0.660. The molecule has 0 bridgehead atoms. The normalized spacial score (nSPS) is 13.8. The summed E-state index contributed by atoms with van der Waals surface area (Å²) in [7, 11) is 0. The summed E-state index contributed by atoms with van der Waals surface area (Å²) in [5.41, 5.74) is 21.6. The van der Waals surface area contributed by atoms with Crippen LogP contribution in [0.1, 0.15) is 47.2 Å². The molecule has 11 aromatic rings. The highest BCUT2D eigenvalue weighted by molar-refractivity contribution is 6.09. The lowest BCUT2D eigenvalue weighted by Gasteiger charge is -2.34. The van der Waals surface area contributed by atoms with Crippen molar-refractivity contribution in [3.8, 4) is 39.1 Å². The summed E-state index contributed by atoms with van der Waals surface area (Å²) in [5.74, 6) is 0. The Morgan fingerprint density at radius 1 is 0.348 bits per heavy atom. The molecular weight excluding hydrogens is 797 g/mol. The van der Waals surface area contributed by atoms with Gasteiger partial charge in [0.1, 0.15) is 0 Å². The van der Waals surface area contributed by atoms with Gasteiger partial charge in [0, 0.05) is 38.8 Å². The van der Waals surface area contributed by atoms with Gasteiger partial charge in [0.25, 0.3) is 0 Å². The average Bonchev–Trinajstić information content (AvgIpc) is 3.96. The lowest BCUT2D eigenvalue weighted by Crippen LogP contribution is -2.28. The second kappa shape index (κ2) is 14.7. The Labute approximate surface area is 386 Å². The van der Waals surface area contributed by atoms with Gasteiger partial charge in [0.2, 0.25) is 0 Å². The van der Waals surface area contributed by atoms with Crippen molar-refractivity contribution >= 4 is 38.9 Å². The van der Waals surface area contributed by atoms with Crippen LogP contribution >= 0.6 is 0 Å². The molecule has 1 aromatic heterocycles. The SMILES string of the molecule is CC1(C)c2cc(N(c3ccc4c(c3)-c3ccccc3C4(c3ccccc3)c3ccccc3)c3ccccc3-c3ccccc3)ccc2-c2ccc(-n3c4ccccc4c4ccccc43)cc21. The van der Waals surface area contributed by atoms with Crippen molar-refractivity contribution < 1.29 is 0 Å². The summed E-state index contributed by atoms with van der Waals surface area (Å²) < 4.78 is 2.44. The van der Waals surface area contributed by atoms with E-state index in [1.165, 1.54) is 94.3 Å². The third-order valence-corrected chi connectivity index (χ3v) is 14.7. The molecule has 2 nitrogen and oxygen atoms in total. The van der Waals surface area contributed by atoms with Crippen LogP contribution < -0.4 is 4.90 Å². The second-order valence-electron chi connectivity index (χ2n) is 18.4. The highest BCUT2D eigenvalue weighted by Gasteiger charge is 2.46. The summed E-state index contributed by atoms with van der Waals surface area (Å²) in [4.78, 5) is 2.50. The summed E-state index contributed by atoms with van der Waals surface area (Å²) in [6.45, 7) is 4.80. The second-order valence-corrected chi connectivity index (χ2v) is 18.4. The number of fused-ring (bicyclic) bond motifs is 9. The van der Waals surface area contributed by atoms with Gasteiger partial charge in [-0.2, -0.15) is 0 Å². The van der Waals surface area contributed by atoms with Crippen LogP contribution in [0.15, 0.2) is 243 Å². The van der Waals surface area contributed by atoms with Gasteiger partial charge in [0.05, 0.1) is 22.1 Å². The van der Waals surface area contributed by atoms with E-state index in [-0.39, 0.29) is 5.41 Å². The van der Waals surface area contributed by atoms with Crippen molar-refractivity contribution in [2.45, 2.75) is 24.7 Å². The molecule has 2 heteroatoms. The molecule has 0 aliphatic heterocycles. The zero-order valence-electron chi connectivity index (χ0n) is 37.0. The summed E-state index contributed by atoms with van der Waals surface area (Å²) in [6, 6.07) is 90.0. The zero-order chi connectivity index (χ0) is 44.0. The number of para-hydroxylation sites is 3. The van der Waals surface area contributed by atoms with E-state index in [1.54, 1.807) is 0 Å². The van der Waals surface area contributed by atoms with Gasteiger partial charge in [-0.15, -0.1) is 0 Å². The minimum absolute atomic E-state index is 0.262. The smallest absolute Gasteiger partial charge is 0.0713 e. The molecule has 0 radical (unpaired) electrons. The van der Waals surface area contributed by atoms with E-state index in [9.17, 15) is 0 Å². The lowest BCUT2D eigenvalue weighted by atomic mass is 9.68. The maximum atomic E-state index is 2.50. The van der Waals surface area contributed by atoms with Crippen LogP contribution in [0.2, 0.25) is 0 Å². The number of hydrogen-bond acceptors (Lipinski definition) is 1. The zero-order valence-corrected chi connectivity index (χ0v) is 37.0. The summed E-state index contributed by atoms with van der Waals surface area (Å²) >= 11 is 0. The fourth-order valence-electron chi connectivity index (χ4n) is 11.7. The van der Waals surface area contributed by atoms with E-state index in [2.05, 4.69) is 266 Å². The molecule has 66 heavy (non-hydrogen) atoms. The van der Waals surface area contributed by atoms with Gasteiger partial charge in [-0.25, -0.2) is 0 Å². The third kappa shape index (κ3) is 5.48. The fourth-order valence-corrected chi connectivity index (χ4v) is 11.7. The Balaban J connectivity index is 1.00. The number of rotatable bonds is 7. The van der Waals surface area contributed by atoms with E-state index < -0.39 is 5.41 Å². The minimum Gasteiger partial charge on any atom is -0.310 e. The van der Waals surface area contributed by atoms with Crippen molar-refractivity contribution in [2.75, 3.05) is 4.90 Å². The Hall–Kier alpha value is -8.20. The van der Waals surface area contributed by atoms with Crippen molar-refractivity contribution in [1.29, 1.82) is 0 Å². The van der Waals surface area contributed by atoms with Gasteiger partial charge in [-0.1, -0.05) is 202 Å². The fraction of sp³-hybridized carbons (Fsp3) is 0.0625. The van der Waals surface area contributed by atoms with Crippen LogP contribution in [0.25, 0.3) is 60.9 Å². The topological polar surface area (TPSA) is 8.17 Å². The highest BCUT2D eigenvalue weighted by Crippen LogP contribution is 2.58. The quantitative estimate of drug-likeness (QED) is 0.155. The van der Waals surface area contributed by atoms with Crippen LogP contribution in [0, 0.1) is 0 Å². The molecule has 2 aliphatic carbocycles. The molecule has 0 amide bonds. The maximum Gasteiger partial charge on any atom is 0.0713 e. The Kier molecular flexibility index (Phi) is 8.51. The van der Waals surface area contributed by atoms with Crippen LogP contribution in [-0.4, -0.2) is 4.57 Å². The van der Waals surface area contributed by atoms with Crippen LogP contribution in [0.4, 0.5) is 17.1 Å². The third-order valence-electron chi connectivity index (χ3n) is 14.7. The molecule has 0 N–H and O–H groups in total. The first-order chi connectivity index (χ1) is 32.5. The average molecular weight is 843 g/mol. The van der Waals surface area contributed by atoms with E-state index in [4.69, 9.17) is 0 Å². The molecule has 0 saturated heterocycles. The molecule has 1 heterocycles. The molecule has 0 unspecified atom stereocenters. The molecule has 0 spiro atoms. The largest absolute Gasteiger partial charge is 0.310 e. The number of aromatic nitrogens is 1.